The summed E-state index contributed by atoms with van der Waals surface area (Å²) in [4.78, 5) is 0. The van der Waals surface area contributed by atoms with Crippen molar-refractivity contribution in [2.75, 3.05) is 6.61 Å². The Morgan fingerprint density at radius 2 is 2.21 bits per heavy atom. The van der Waals surface area contributed by atoms with Gasteiger partial charge in [-0.2, -0.15) is 0 Å². The maximum absolute atomic E-state index is 9.48. The molecular weight excluding hydrogens is 242 g/mol. The van der Waals surface area contributed by atoms with Crippen molar-refractivity contribution in [2.45, 2.75) is 25.8 Å². The second kappa shape index (κ2) is 5.01. The lowest BCUT2D eigenvalue weighted by Gasteiger charge is -2.22. The summed E-state index contributed by atoms with van der Waals surface area (Å²) in [5.74, 6) is 2.47. The number of aromatic nitrogens is 3. The lowest BCUT2D eigenvalue weighted by Crippen LogP contribution is -2.24. The van der Waals surface area contributed by atoms with Gasteiger partial charge in [0.25, 0.3) is 0 Å². The van der Waals surface area contributed by atoms with Gasteiger partial charge in [-0.25, -0.2) is 0 Å². The number of benzene rings is 1. The van der Waals surface area contributed by atoms with Crippen LogP contribution in [0.25, 0.3) is 0 Å². The van der Waals surface area contributed by atoms with Crippen LogP contribution in [0.1, 0.15) is 23.6 Å². The summed E-state index contributed by atoms with van der Waals surface area (Å²) < 4.78 is 2.11. The predicted octanol–water partition coefficient (Wildman–Crippen LogP) is 1.13. The zero-order valence-electron chi connectivity index (χ0n) is 10.7. The van der Waals surface area contributed by atoms with Gasteiger partial charge in [0.05, 0.1) is 0 Å². The van der Waals surface area contributed by atoms with E-state index < -0.39 is 0 Å². The molecule has 1 aliphatic heterocycles. The van der Waals surface area contributed by atoms with Crippen molar-refractivity contribution < 1.29 is 10.2 Å². The van der Waals surface area contributed by atoms with Crippen LogP contribution in [0.2, 0.25) is 0 Å². The summed E-state index contributed by atoms with van der Waals surface area (Å²) in [5, 5.41) is 27.2. The molecule has 3 rings (SSSR count). The Hall–Kier alpha value is -1.88. The van der Waals surface area contributed by atoms with Crippen molar-refractivity contribution >= 4 is 0 Å². The minimum atomic E-state index is 0.211. The zero-order valence-corrected chi connectivity index (χ0v) is 10.7. The summed E-state index contributed by atoms with van der Waals surface area (Å²) in [6.07, 6.45) is 2.50. The van der Waals surface area contributed by atoms with Crippen LogP contribution < -0.4 is 0 Å². The summed E-state index contributed by atoms with van der Waals surface area (Å²) in [6, 6.07) is 7.20. The predicted molar refractivity (Wildman–Crippen MR) is 69.8 cm³/mol. The summed E-state index contributed by atoms with van der Waals surface area (Å²) in [7, 11) is 0. The van der Waals surface area contributed by atoms with Gasteiger partial charge in [0.1, 0.15) is 17.4 Å². The average Bonchev–Trinajstić information content (AvgIpc) is 2.81. The van der Waals surface area contributed by atoms with Gasteiger partial charge >= 0.3 is 0 Å². The van der Waals surface area contributed by atoms with Crippen molar-refractivity contribution in [3.8, 4) is 5.75 Å². The fourth-order valence-corrected chi connectivity index (χ4v) is 2.58. The smallest absolute Gasteiger partial charge is 0.137 e. The van der Waals surface area contributed by atoms with Gasteiger partial charge in [0.2, 0.25) is 0 Å². The third-order valence-electron chi connectivity index (χ3n) is 3.65. The minimum absolute atomic E-state index is 0.211. The second-order valence-corrected chi connectivity index (χ2v) is 5.08. The molecule has 5 nitrogen and oxygen atoms in total. The Bertz CT molecular complexity index is 580. The van der Waals surface area contributed by atoms with E-state index >= 15 is 0 Å². The topological polar surface area (TPSA) is 71.2 Å². The van der Waals surface area contributed by atoms with Crippen LogP contribution in [0.3, 0.4) is 0 Å². The van der Waals surface area contributed by atoms with Gasteiger partial charge in [-0.1, -0.05) is 12.1 Å². The number of hydrogen-bond donors (Lipinski definition) is 2. The number of fused-ring (bicyclic) bond motifs is 1. The molecule has 0 radical (unpaired) electrons. The molecule has 1 unspecified atom stereocenters. The highest BCUT2D eigenvalue weighted by molar-refractivity contribution is 5.29. The van der Waals surface area contributed by atoms with E-state index in [1.54, 1.807) is 12.1 Å². The van der Waals surface area contributed by atoms with E-state index in [-0.39, 0.29) is 12.4 Å². The number of phenols is 1. The molecule has 1 aliphatic rings. The number of phenolic OH excluding ortho intramolecular Hbond substituents is 1. The van der Waals surface area contributed by atoms with Crippen LogP contribution >= 0.6 is 0 Å². The standard InChI is InChI=1S/C14H17N3O2/c18-9-11-4-5-13-15-16-14(17(13)8-11)7-10-2-1-3-12(19)6-10/h1-3,6,11,18-19H,4-5,7-9H2. The van der Waals surface area contributed by atoms with Crippen molar-refractivity contribution in [2.24, 2.45) is 5.92 Å². The number of aromatic hydroxyl groups is 1. The first-order chi connectivity index (χ1) is 9.26. The van der Waals surface area contributed by atoms with Gasteiger partial charge in [0, 0.05) is 31.9 Å². The lowest BCUT2D eigenvalue weighted by molar-refractivity contribution is 0.189. The first-order valence-electron chi connectivity index (χ1n) is 6.56. The highest BCUT2D eigenvalue weighted by Crippen LogP contribution is 2.21. The molecule has 100 valence electrons. The van der Waals surface area contributed by atoms with E-state index in [1.807, 2.05) is 12.1 Å². The molecule has 0 saturated carbocycles. The van der Waals surface area contributed by atoms with Crippen LogP contribution in [0.4, 0.5) is 0 Å². The molecule has 0 amide bonds. The number of aliphatic hydroxyl groups excluding tert-OH is 1. The number of aryl methyl sites for hydroxylation is 1. The maximum Gasteiger partial charge on any atom is 0.137 e. The monoisotopic (exact) mass is 259 g/mol. The molecule has 2 heterocycles. The first kappa shape index (κ1) is 12.2. The Balaban J connectivity index is 1.85. The second-order valence-electron chi connectivity index (χ2n) is 5.08. The van der Waals surface area contributed by atoms with Gasteiger partial charge in [-0.15, -0.1) is 10.2 Å². The fraction of sp³-hybridized carbons (Fsp3) is 0.429. The van der Waals surface area contributed by atoms with Gasteiger partial charge in [0.15, 0.2) is 0 Å². The zero-order chi connectivity index (χ0) is 13.2. The molecule has 2 aromatic rings. The Labute approximate surface area is 111 Å². The highest BCUT2D eigenvalue weighted by Gasteiger charge is 2.22. The highest BCUT2D eigenvalue weighted by atomic mass is 16.3. The van der Waals surface area contributed by atoms with Crippen LogP contribution in [-0.4, -0.2) is 31.6 Å². The van der Waals surface area contributed by atoms with Crippen LogP contribution in [-0.2, 0) is 19.4 Å². The molecule has 19 heavy (non-hydrogen) atoms. The van der Waals surface area contributed by atoms with Crippen LogP contribution in [0, 0.1) is 5.92 Å². The van der Waals surface area contributed by atoms with E-state index in [0.29, 0.717) is 12.3 Å². The van der Waals surface area contributed by atoms with E-state index in [9.17, 15) is 10.2 Å². The lowest BCUT2D eigenvalue weighted by atomic mass is 10.00. The van der Waals surface area contributed by atoms with Crippen molar-refractivity contribution in [1.82, 2.24) is 14.8 Å². The van der Waals surface area contributed by atoms with E-state index in [2.05, 4.69) is 14.8 Å². The molecule has 0 saturated heterocycles. The van der Waals surface area contributed by atoms with E-state index in [4.69, 9.17) is 0 Å². The third-order valence-corrected chi connectivity index (χ3v) is 3.65. The minimum Gasteiger partial charge on any atom is -0.508 e. The van der Waals surface area contributed by atoms with Gasteiger partial charge in [-0.05, 0) is 24.1 Å². The van der Waals surface area contributed by atoms with E-state index in [1.165, 1.54) is 0 Å². The maximum atomic E-state index is 9.48. The molecule has 1 aromatic heterocycles. The molecule has 0 fully saturated rings. The van der Waals surface area contributed by atoms with Crippen molar-refractivity contribution in [3.63, 3.8) is 0 Å². The Morgan fingerprint density at radius 1 is 1.32 bits per heavy atom. The Morgan fingerprint density at radius 3 is 3.00 bits per heavy atom. The summed E-state index contributed by atoms with van der Waals surface area (Å²) in [6.45, 7) is 0.996. The molecular formula is C14H17N3O2. The molecule has 5 heteroatoms. The molecule has 2 N–H and O–H groups in total. The van der Waals surface area contributed by atoms with Gasteiger partial charge in [-0.3, -0.25) is 0 Å². The third kappa shape index (κ3) is 2.46. The first-order valence-corrected chi connectivity index (χ1v) is 6.56. The van der Waals surface area contributed by atoms with Crippen LogP contribution in [0.15, 0.2) is 24.3 Å². The SMILES string of the molecule is OCC1CCc2nnc(Cc3cccc(O)c3)n2C1. The number of hydrogen-bond acceptors (Lipinski definition) is 4. The molecule has 0 aliphatic carbocycles. The molecule has 1 aromatic carbocycles. The van der Waals surface area contributed by atoms with E-state index in [0.717, 1.165) is 36.6 Å². The number of aliphatic hydroxyl groups is 1. The van der Waals surface area contributed by atoms with Crippen LogP contribution in [0.5, 0.6) is 5.75 Å². The molecule has 0 bridgehead atoms. The molecule has 1 atom stereocenters. The van der Waals surface area contributed by atoms with Crippen molar-refractivity contribution in [3.05, 3.63) is 41.5 Å². The number of nitrogens with zero attached hydrogens (tertiary/aromatic N) is 3. The number of rotatable bonds is 3. The van der Waals surface area contributed by atoms with Crippen molar-refractivity contribution in [1.29, 1.82) is 0 Å². The quantitative estimate of drug-likeness (QED) is 0.866. The molecule has 0 spiro atoms. The van der Waals surface area contributed by atoms with Gasteiger partial charge < -0.3 is 14.8 Å². The largest absolute Gasteiger partial charge is 0.508 e. The Kier molecular flexibility index (Phi) is 3.21. The normalized spacial score (nSPS) is 18.3. The summed E-state index contributed by atoms with van der Waals surface area (Å²) in [5.41, 5.74) is 1.02. The average molecular weight is 259 g/mol. The summed E-state index contributed by atoms with van der Waals surface area (Å²) >= 11 is 0. The fourth-order valence-electron chi connectivity index (χ4n) is 2.58.